The lowest BCUT2D eigenvalue weighted by Crippen LogP contribution is -2.44. The maximum Gasteiger partial charge on any atom is 0.235 e. The van der Waals surface area contributed by atoms with Crippen LogP contribution in [0.2, 0.25) is 0 Å². The van der Waals surface area contributed by atoms with E-state index in [0.717, 1.165) is 12.2 Å². The lowest BCUT2D eigenvalue weighted by molar-refractivity contribution is -0.119. The molecule has 0 bridgehead atoms. The summed E-state index contributed by atoms with van der Waals surface area (Å²) >= 11 is 0. The van der Waals surface area contributed by atoms with Crippen LogP contribution in [0, 0.1) is 0 Å². The average Bonchev–Trinajstić information content (AvgIpc) is 2.58. The van der Waals surface area contributed by atoms with Gasteiger partial charge < -0.3 is 21.4 Å². The van der Waals surface area contributed by atoms with Crippen molar-refractivity contribution in [3.05, 3.63) is 12.2 Å². The van der Waals surface area contributed by atoms with Crippen LogP contribution in [0.4, 0.5) is 0 Å². The molecule has 1 unspecified atom stereocenters. The normalized spacial score (nSPS) is 12.7. The fraction of sp³-hybridized carbons (Fsp3) is 0.625. The number of nitrogens with one attached hydrogen (secondary N) is 1. The highest BCUT2D eigenvalue weighted by atomic mass is 16.1. The molecule has 0 saturated carbocycles. The summed E-state index contributed by atoms with van der Waals surface area (Å²) < 4.78 is 1.84. The second kappa shape index (κ2) is 5.42. The Bertz CT molecular complexity index is 323. The first-order valence-corrected chi connectivity index (χ1v) is 4.69. The zero-order chi connectivity index (χ0) is 11.3. The number of carbonyl (C=O) groups is 1. The molecule has 0 aromatic carbocycles. The number of aryl methyl sites for hydroxylation is 1. The molecule has 1 rings (SSSR count). The van der Waals surface area contributed by atoms with E-state index < -0.39 is 11.9 Å². The van der Waals surface area contributed by atoms with Gasteiger partial charge >= 0.3 is 0 Å². The van der Waals surface area contributed by atoms with Crippen molar-refractivity contribution in [2.24, 2.45) is 18.5 Å². The standard InChI is InChI=1S/C8H16N6O/c1-14-5-12-13-7(14)2-3-11-4-6(9)8(10)15/h5-6,11H,2-4,9H2,1H3,(H2,10,15). The monoisotopic (exact) mass is 212 g/mol. The molecule has 1 atom stereocenters. The van der Waals surface area contributed by atoms with Crippen LogP contribution in [0.3, 0.4) is 0 Å². The molecule has 0 saturated heterocycles. The SMILES string of the molecule is Cn1cnnc1CCNCC(N)C(N)=O. The van der Waals surface area contributed by atoms with Crippen LogP contribution in [-0.4, -0.2) is 39.8 Å². The number of hydrogen-bond donors (Lipinski definition) is 3. The fourth-order valence-electron chi connectivity index (χ4n) is 1.09. The van der Waals surface area contributed by atoms with Crippen LogP contribution < -0.4 is 16.8 Å². The maximum atomic E-state index is 10.6. The van der Waals surface area contributed by atoms with Gasteiger partial charge in [0.05, 0.1) is 6.04 Å². The molecular weight excluding hydrogens is 196 g/mol. The minimum absolute atomic E-state index is 0.382. The highest BCUT2D eigenvalue weighted by molar-refractivity contribution is 5.79. The maximum absolute atomic E-state index is 10.6. The van der Waals surface area contributed by atoms with Gasteiger partial charge in [-0.2, -0.15) is 0 Å². The van der Waals surface area contributed by atoms with Gasteiger partial charge in [0.15, 0.2) is 0 Å². The molecule has 84 valence electrons. The number of amides is 1. The van der Waals surface area contributed by atoms with Gasteiger partial charge in [-0.15, -0.1) is 10.2 Å². The summed E-state index contributed by atoms with van der Waals surface area (Å²) in [6, 6.07) is -0.635. The minimum Gasteiger partial charge on any atom is -0.368 e. The third-order valence-corrected chi connectivity index (χ3v) is 2.06. The predicted molar refractivity (Wildman–Crippen MR) is 54.7 cm³/mol. The summed E-state index contributed by atoms with van der Waals surface area (Å²) in [5.41, 5.74) is 10.4. The van der Waals surface area contributed by atoms with Gasteiger partial charge in [0, 0.05) is 26.6 Å². The van der Waals surface area contributed by atoms with Crippen LogP contribution in [-0.2, 0) is 18.3 Å². The second-order valence-electron chi connectivity index (χ2n) is 3.32. The lowest BCUT2D eigenvalue weighted by Gasteiger charge is -2.08. The Kier molecular flexibility index (Phi) is 4.19. The topological polar surface area (TPSA) is 112 Å². The van der Waals surface area contributed by atoms with Gasteiger partial charge in [-0.25, -0.2) is 0 Å². The predicted octanol–water partition coefficient (Wildman–Crippen LogP) is -2.24. The number of rotatable bonds is 6. The highest BCUT2D eigenvalue weighted by Gasteiger charge is 2.07. The Morgan fingerprint density at radius 2 is 2.47 bits per heavy atom. The summed E-state index contributed by atoms with van der Waals surface area (Å²) in [4.78, 5) is 10.6. The van der Waals surface area contributed by atoms with E-state index in [1.807, 2.05) is 11.6 Å². The summed E-state index contributed by atoms with van der Waals surface area (Å²) in [7, 11) is 1.88. The summed E-state index contributed by atoms with van der Waals surface area (Å²) in [5.74, 6) is 0.385. The van der Waals surface area contributed by atoms with E-state index >= 15 is 0 Å². The highest BCUT2D eigenvalue weighted by Crippen LogP contribution is 1.90. The number of nitrogens with zero attached hydrogens (tertiary/aromatic N) is 3. The van der Waals surface area contributed by atoms with Crippen LogP contribution in [0.1, 0.15) is 5.82 Å². The lowest BCUT2D eigenvalue weighted by atomic mass is 10.3. The fourth-order valence-corrected chi connectivity index (χ4v) is 1.09. The number of carbonyl (C=O) groups excluding carboxylic acids is 1. The Morgan fingerprint density at radius 1 is 1.73 bits per heavy atom. The Balaban J connectivity index is 2.17. The van der Waals surface area contributed by atoms with Crippen molar-refractivity contribution in [3.8, 4) is 0 Å². The van der Waals surface area contributed by atoms with Crippen LogP contribution in [0.5, 0.6) is 0 Å². The van der Waals surface area contributed by atoms with Gasteiger partial charge in [-0.3, -0.25) is 4.79 Å². The summed E-state index contributed by atoms with van der Waals surface area (Å²) in [6.45, 7) is 1.07. The van der Waals surface area contributed by atoms with E-state index in [1.165, 1.54) is 0 Å². The van der Waals surface area contributed by atoms with Gasteiger partial charge in [0.25, 0.3) is 0 Å². The third kappa shape index (κ3) is 3.64. The van der Waals surface area contributed by atoms with Gasteiger partial charge in [0.1, 0.15) is 12.2 Å². The molecule has 1 heterocycles. The first-order valence-electron chi connectivity index (χ1n) is 4.69. The average molecular weight is 212 g/mol. The van der Waals surface area contributed by atoms with Gasteiger partial charge in [-0.1, -0.05) is 0 Å². The largest absolute Gasteiger partial charge is 0.368 e. The molecule has 0 aliphatic heterocycles. The van der Waals surface area contributed by atoms with Crippen LogP contribution in [0.25, 0.3) is 0 Å². The number of primary amides is 1. The van der Waals surface area contributed by atoms with Crippen molar-refractivity contribution in [1.29, 1.82) is 0 Å². The Morgan fingerprint density at radius 3 is 3.00 bits per heavy atom. The molecule has 0 aliphatic carbocycles. The van der Waals surface area contributed by atoms with Crippen molar-refractivity contribution >= 4 is 5.91 Å². The molecule has 1 amide bonds. The van der Waals surface area contributed by atoms with Crippen molar-refractivity contribution in [2.75, 3.05) is 13.1 Å². The van der Waals surface area contributed by atoms with Gasteiger partial charge in [0.2, 0.25) is 5.91 Å². The molecule has 7 nitrogen and oxygen atoms in total. The zero-order valence-electron chi connectivity index (χ0n) is 8.68. The first-order chi connectivity index (χ1) is 7.11. The Labute approximate surface area is 87.8 Å². The van der Waals surface area contributed by atoms with E-state index in [0.29, 0.717) is 13.1 Å². The smallest absolute Gasteiger partial charge is 0.235 e. The van der Waals surface area contributed by atoms with Crippen molar-refractivity contribution in [1.82, 2.24) is 20.1 Å². The van der Waals surface area contributed by atoms with Crippen LogP contribution in [0.15, 0.2) is 6.33 Å². The summed E-state index contributed by atoms with van der Waals surface area (Å²) in [5, 5.41) is 10.7. The van der Waals surface area contributed by atoms with E-state index in [9.17, 15) is 4.79 Å². The number of aromatic nitrogens is 3. The summed E-state index contributed by atoms with van der Waals surface area (Å²) in [6.07, 6.45) is 2.38. The van der Waals surface area contributed by atoms with E-state index in [-0.39, 0.29) is 0 Å². The van der Waals surface area contributed by atoms with Crippen molar-refractivity contribution < 1.29 is 4.79 Å². The molecule has 1 aromatic rings. The first kappa shape index (κ1) is 11.6. The van der Waals surface area contributed by atoms with E-state index in [2.05, 4.69) is 15.5 Å². The second-order valence-corrected chi connectivity index (χ2v) is 3.32. The Hall–Kier alpha value is -1.47. The zero-order valence-corrected chi connectivity index (χ0v) is 8.68. The molecule has 15 heavy (non-hydrogen) atoms. The van der Waals surface area contributed by atoms with E-state index in [1.54, 1.807) is 6.33 Å². The van der Waals surface area contributed by atoms with Crippen molar-refractivity contribution in [3.63, 3.8) is 0 Å². The molecule has 0 spiro atoms. The molecule has 5 N–H and O–H groups in total. The molecule has 0 aliphatic rings. The molecule has 1 aromatic heterocycles. The number of nitrogens with two attached hydrogens (primary N) is 2. The number of hydrogen-bond acceptors (Lipinski definition) is 5. The van der Waals surface area contributed by atoms with Gasteiger partial charge in [-0.05, 0) is 0 Å². The molecular formula is C8H16N6O. The van der Waals surface area contributed by atoms with E-state index in [4.69, 9.17) is 11.5 Å². The minimum atomic E-state index is -0.635. The van der Waals surface area contributed by atoms with Crippen LogP contribution >= 0.6 is 0 Å². The van der Waals surface area contributed by atoms with Crippen molar-refractivity contribution in [2.45, 2.75) is 12.5 Å². The third-order valence-electron chi connectivity index (χ3n) is 2.06. The molecule has 0 fully saturated rings. The molecule has 7 heteroatoms. The molecule has 0 radical (unpaired) electrons. The quantitative estimate of drug-likeness (QED) is 0.462.